The standard InChI is InChI=1S/C9H13BrN4/c10-9-6-12-8(5-13-9)7-14-3-1-11-2-4-14/h5-6,11H,1-4,7H2. The molecule has 0 unspecified atom stereocenters. The first-order valence-corrected chi connectivity index (χ1v) is 5.53. The predicted molar refractivity (Wildman–Crippen MR) is 57.9 cm³/mol. The van der Waals surface area contributed by atoms with Crippen molar-refractivity contribution in [3.8, 4) is 0 Å². The van der Waals surface area contributed by atoms with Gasteiger partial charge < -0.3 is 5.32 Å². The van der Waals surface area contributed by atoms with E-state index in [9.17, 15) is 0 Å². The fourth-order valence-electron chi connectivity index (χ4n) is 1.52. The van der Waals surface area contributed by atoms with Gasteiger partial charge in [-0.3, -0.25) is 9.88 Å². The molecule has 1 N–H and O–H groups in total. The highest BCUT2D eigenvalue weighted by Crippen LogP contribution is 2.05. The van der Waals surface area contributed by atoms with E-state index in [4.69, 9.17) is 0 Å². The molecule has 1 saturated heterocycles. The Kier molecular flexibility index (Phi) is 3.44. The van der Waals surface area contributed by atoms with Gasteiger partial charge in [-0.15, -0.1) is 0 Å². The molecule has 0 saturated carbocycles. The fraction of sp³-hybridized carbons (Fsp3) is 0.556. The molecule has 5 heteroatoms. The van der Waals surface area contributed by atoms with E-state index in [0.717, 1.165) is 43.0 Å². The lowest BCUT2D eigenvalue weighted by molar-refractivity contribution is 0.230. The van der Waals surface area contributed by atoms with Crippen LogP contribution in [0.15, 0.2) is 17.0 Å². The monoisotopic (exact) mass is 256 g/mol. The van der Waals surface area contributed by atoms with Crippen molar-refractivity contribution < 1.29 is 0 Å². The fourth-order valence-corrected chi connectivity index (χ4v) is 1.72. The summed E-state index contributed by atoms with van der Waals surface area (Å²) in [7, 11) is 0. The van der Waals surface area contributed by atoms with E-state index in [-0.39, 0.29) is 0 Å². The molecule has 2 rings (SSSR count). The third kappa shape index (κ3) is 2.73. The highest BCUT2D eigenvalue weighted by molar-refractivity contribution is 9.10. The van der Waals surface area contributed by atoms with Crippen LogP contribution in [0.2, 0.25) is 0 Å². The summed E-state index contributed by atoms with van der Waals surface area (Å²) in [6.07, 6.45) is 3.57. The third-order valence-electron chi connectivity index (χ3n) is 2.27. The van der Waals surface area contributed by atoms with Crippen LogP contribution in [0.1, 0.15) is 5.69 Å². The Balaban J connectivity index is 1.92. The van der Waals surface area contributed by atoms with Crippen molar-refractivity contribution in [3.63, 3.8) is 0 Å². The quantitative estimate of drug-likeness (QED) is 0.844. The minimum atomic E-state index is 0.793. The van der Waals surface area contributed by atoms with Gasteiger partial charge in [0.15, 0.2) is 0 Å². The molecule has 76 valence electrons. The SMILES string of the molecule is Brc1cnc(CN2CCNCC2)cn1. The second kappa shape index (κ2) is 4.82. The first kappa shape index (κ1) is 10.0. The lowest BCUT2D eigenvalue weighted by atomic mass is 10.3. The van der Waals surface area contributed by atoms with Gasteiger partial charge in [-0.25, -0.2) is 4.98 Å². The second-order valence-electron chi connectivity index (χ2n) is 3.36. The van der Waals surface area contributed by atoms with E-state index in [1.165, 1.54) is 0 Å². The smallest absolute Gasteiger partial charge is 0.124 e. The van der Waals surface area contributed by atoms with E-state index in [1.807, 2.05) is 6.20 Å². The van der Waals surface area contributed by atoms with E-state index in [0.29, 0.717) is 0 Å². The Bertz CT molecular complexity index is 281. The zero-order valence-corrected chi connectivity index (χ0v) is 9.50. The van der Waals surface area contributed by atoms with Crippen LogP contribution in [-0.2, 0) is 6.54 Å². The number of hydrogen-bond donors (Lipinski definition) is 1. The van der Waals surface area contributed by atoms with Crippen molar-refractivity contribution in [2.75, 3.05) is 26.2 Å². The minimum absolute atomic E-state index is 0.793. The molecule has 0 aliphatic carbocycles. The molecule has 1 aromatic heterocycles. The van der Waals surface area contributed by atoms with Gasteiger partial charge in [0.05, 0.1) is 18.1 Å². The van der Waals surface area contributed by atoms with Gasteiger partial charge in [0.1, 0.15) is 4.60 Å². The third-order valence-corrected chi connectivity index (χ3v) is 2.68. The summed E-state index contributed by atoms with van der Waals surface area (Å²) in [6, 6.07) is 0. The lowest BCUT2D eigenvalue weighted by Crippen LogP contribution is -2.43. The summed E-state index contributed by atoms with van der Waals surface area (Å²) in [5, 5.41) is 3.32. The predicted octanol–water partition coefficient (Wildman–Crippen LogP) is 0.644. The summed E-state index contributed by atoms with van der Waals surface area (Å²) in [5.74, 6) is 0. The van der Waals surface area contributed by atoms with Crippen LogP contribution in [0.25, 0.3) is 0 Å². The molecule has 2 heterocycles. The normalized spacial score (nSPS) is 18.4. The Labute approximate surface area is 91.9 Å². The molecule has 1 fully saturated rings. The molecule has 0 aromatic carbocycles. The average molecular weight is 257 g/mol. The van der Waals surface area contributed by atoms with Crippen molar-refractivity contribution in [1.29, 1.82) is 0 Å². The zero-order valence-electron chi connectivity index (χ0n) is 7.91. The van der Waals surface area contributed by atoms with Crippen LogP contribution in [-0.4, -0.2) is 41.0 Å². The van der Waals surface area contributed by atoms with Crippen molar-refractivity contribution >= 4 is 15.9 Å². The van der Waals surface area contributed by atoms with Gasteiger partial charge in [-0.1, -0.05) is 0 Å². The molecule has 4 nitrogen and oxygen atoms in total. The van der Waals surface area contributed by atoms with Crippen molar-refractivity contribution in [3.05, 3.63) is 22.7 Å². The first-order chi connectivity index (χ1) is 6.84. The van der Waals surface area contributed by atoms with Gasteiger partial charge in [0.2, 0.25) is 0 Å². The van der Waals surface area contributed by atoms with Crippen molar-refractivity contribution in [2.24, 2.45) is 0 Å². The number of aromatic nitrogens is 2. The average Bonchev–Trinajstić information content (AvgIpc) is 2.23. The summed E-state index contributed by atoms with van der Waals surface area (Å²) in [6.45, 7) is 5.24. The molecule has 1 aliphatic heterocycles. The van der Waals surface area contributed by atoms with Crippen molar-refractivity contribution in [2.45, 2.75) is 6.54 Å². The van der Waals surface area contributed by atoms with Gasteiger partial charge in [-0.05, 0) is 15.9 Å². The topological polar surface area (TPSA) is 41.1 Å². The number of nitrogens with one attached hydrogen (secondary N) is 1. The molecular formula is C9H13BrN4. The van der Waals surface area contributed by atoms with Crippen LogP contribution >= 0.6 is 15.9 Å². The number of hydrogen-bond acceptors (Lipinski definition) is 4. The Morgan fingerprint density at radius 1 is 1.29 bits per heavy atom. The van der Waals surface area contributed by atoms with Gasteiger partial charge in [0, 0.05) is 32.7 Å². The molecule has 14 heavy (non-hydrogen) atoms. The zero-order chi connectivity index (χ0) is 9.80. The van der Waals surface area contributed by atoms with E-state index in [2.05, 4.69) is 36.1 Å². The molecule has 0 spiro atoms. The summed E-state index contributed by atoms with van der Waals surface area (Å²) in [5.41, 5.74) is 1.04. The first-order valence-electron chi connectivity index (χ1n) is 4.74. The maximum atomic E-state index is 4.30. The van der Waals surface area contributed by atoms with Crippen LogP contribution in [0.4, 0.5) is 0 Å². The summed E-state index contributed by atoms with van der Waals surface area (Å²) in [4.78, 5) is 10.8. The summed E-state index contributed by atoms with van der Waals surface area (Å²) < 4.78 is 0.793. The van der Waals surface area contributed by atoms with Crippen LogP contribution < -0.4 is 5.32 Å². The number of nitrogens with zero attached hydrogens (tertiary/aromatic N) is 3. The van der Waals surface area contributed by atoms with Crippen LogP contribution in [0.3, 0.4) is 0 Å². The molecule has 1 aliphatic rings. The molecule has 0 bridgehead atoms. The van der Waals surface area contributed by atoms with Gasteiger partial charge in [0.25, 0.3) is 0 Å². The van der Waals surface area contributed by atoms with Crippen LogP contribution in [0, 0.1) is 0 Å². The van der Waals surface area contributed by atoms with Gasteiger partial charge in [-0.2, -0.15) is 0 Å². The van der Waals surface area contributed by atoms with Crippen LogP contribution in [0.5, 0.6) is 0 Å². The maximum Gasteiger partial charge on any atom is 0.124 e. The van der Waals surface area contributed by atoms with E-state index in [1.54, 1.807) is 6.20 Å². The largest absolute Gasteiger partial charge is 0.314 e. The minimum Gasteiger partial charge on any atom is -0.314 e. The van der Waals surface area contributed by atoms with E-state index >= 15 is 0 Å². The molecule has 0 radical (unpaired) electrons. The number of rotatable bonds is 2. The molecule has 0 atom stereocenters. The maximum absolute atomic E-state index is 4.30. The molecule has 1 aromatic rings. The second-order valence-corrected chi connectivity index (χ2v) is 4.17. The lowest BCUT2D eigenvalue weighted by Gasteiger charge is -2.26. The Morgan fingerprint density at radius 3 is 2.71 bits per heavy atom. The van der Waals surface area contributed by atoms with E-state index < -0.39 is 0 Å². The highest BCUT2D eigenvalue weighted by Gasteiger charge is 2.10. The number of piperazine rings is 1. The van der Waals surface area contributed by atoms with Crippen molar-refractivity contribution in [1.82, 2.24) is 20.2 Å². The number of halogens is 1. The highest BCUT2D eigenvalue weighted by atomic mass is 79.9. The van der Waals surface area contributed by atoms with Gasteiger partial charge >= 0.3 is 0 Å². The summed E-state index contributed by atoms with van der Waals surface area (Å²) >= 11 is 3.27. The Morgan fingerprint density at radius 2 is 2.07 bits per heavy atom. The molecular weight excluding hydrogens is 244 g/mol. The Hall–Kier alpha value is -0.520. The molecule has 0 amide bonds.